The number of primary amides is 1. The van der Waals surface area contributed by atoms with Gasteiger partial charge in [0.2, 0.25) is 15.9 Å². The maximum Gasteiger partial charge on any atom is 0.241 e. The van der Waals surface area contributed by atoms with E-state index in [4.69, 9.17) is 5.73 Å². The zero-order chi connectivity index (χ0) is 18.4. The van der Waals surface area contributed by atoms with Crippen LogP contribution in [0, 0.1) is 0 Å². The van der Waals surface area contributed by atoms with Crippen LogP contribution in [0.25, 0.3) is 10.8 Å². The molecule has 136 valence electrons. The van der Waals surface area contributed by atoms with Gasteiger partial charge < -0.3 is 10.6 Å². The third-order valence-corrected chi connectivity index (χ3v) is 5.54. The van der Waals surface area contributed by atoms with Gasteiger partial charge in [0.1, 0.15) is 0 Å². The summed E-state index contributed by atoms with van der Waals surface area (Å²) in [5, 5.41) is 1.60. The molecule has 0 saturated carbocycles. The molecule has 0 heterocycles. The molecule has 25 heavy (non-hydrogen) atoms. The predicted molar refractivity (Wildman–Crippen MR) is 101 cm³/mol. The number of carbonyl (C=O) groups excluding carboxylic acids is 1. The van der Waals surface area contributed by atoms with Crippen molar-refractivity contribution in [3.8, 4) is 0 Å². The van der Waals surface area contributed by atoms with Crippen LogP contribution >= 0.6 is 0 Å². The fraction of sp³-hybridized carbons (Fsp3) is 0.389. The zero-order valence-corrected chi connectivity index (χ0v) is 15.5. The first-order valence-electron chi connectivity index (χ1n) is 8.30. The summed E-state index contributed by atoms with van der Waals surface area (Å²) in [4.78, 5) is 12.9. The van der Waals surface area contributed by atoms with Crippen LogP contribution in [-0.4, -0.2) is 35.0 Å². The Morgan fingerprint density at radius 2 is 1.72 bits per heavy atom. The number of nitrogens with one attached hydrogen (secondary N) is 1. The molecule has 0 unspecified atom stereocenters. The van der Waals surface area contributed by atoms with Gasteiger partial charge in [0.25, 0.3) is 0 Å². The minimum absolute atomic E-state index is 0.283. The fourth-order valence-corrected chi connectivity index (χ4v) is 4.07. The maximum atomic E-state index is 12.7. The van der Waals surface area contributed by atoms with Crippen molar-refractivity contribution in [1.29, 1.82) is 0 Å². The van der Waals surface area contributed by atoms with Crippen LogP contribution in [0.2, 0.25) is 0 Å². The number of rotatable bonds is 9. The first-order valence-corrected chi connectivity index (χ1v) is 9.78. The molecule has 2 aromatic rings. The quantitative estimate of drug-likeness (QED) is 0.668. The van der Waals surface area contributed by atoms with Gasteiger partial charge in [-0.2, -0.15) is 0 Å². The summed E-state index contributed by atoms with van der Waals surface area (Å²) in [7, 11) is 0.269. The molecule has 0 fully saturated rings. The number of hydrogen-bond donors (Lipinski definition) is 2. The molecule has 0 aliphatic carbocycles. The van der Waals surface area contributed by atoms with Crippen molar-refractivity contribution in [2.75, 3.05) is 25.5 Å². The third kappa shape index (κ3) is 4.93. The number of benzene rings is 2. The summed E-state index contributed by atoms with van der Waals surface area (Å²) in [6.45, 7) is 0.338. The number of fused-ring (bicyclic) bond motifs is 1. The summed E-state index contributed by atoms with van der Waals surface area (Å²) >= 11 is 0. The number of unbranched alkanes of at least 4 members (excludes halogenated alkanes) is 2. The lowest BCUT2D eigenvalue weighted by Gasteiger charge is -2.17. The molecule has 1 amide bonds. The molecule has 0 bridgehead atoms. The first-order chi connectivity index (χ1) is 11.8. The van der Waals surface area contributed by atoms with Crippen molar-refractivity contribution in [2.24, 2.45) is 5.73 Å². The average Bonchev–Trinajstić information content (AvgIpc) is 2.56. The minimum atomic E-state index is -3.59. The van der Waals surface area contributed by atoms with E-state index in [1.165, 1.54) is 0 Å². The number of hydrogen-bond acceptors (Lipinski definition) is 4. The second-order valence-electron chi connectivity index (χ2n) is 6.20. The van der Waals surface area contributed by atoms with Gasteiger partial charge in [-0.1, -0.05) is 30.7 Å². The highest BCUT2D eigenvalue weighted by atomic mass is 32.2. The largest absolute Gasteiger partial charge is 0.377 e. The maximum absolute atomic E-state index is 12.7. The lowest BCUT2D eigenvalue weighted by molar-refractivity contribution is -0.118. The normalized spacial score (nSPS) is 11.6. The van der Waals surface area contributed by atoms with Crippen LogP contribution in [0.1, 0.15) is 25.7 Å². The smallest absolute Gasteiger partial charge is 0.241 e. The average molecular weight is 363 g/mol. The van der Waals surface area contributed by atoms with Gasteiger partial charge in [-0.25, -0.2) is 13.1 Å². The Hall–Kier alpha value is -2.12. The predicted octanol–water partition coefficient (Wildman–Crippen LogP) is 2.23. The molecule has 7 heteroatoms. The highest BCUT2D eigenvalue weighted by molar-refractivity contribution is 7.89. The summed E-state index contributed by atoms with van der Waals surface area (Å²) in [6, 6.07) is 11.0. The first kappa shape index (κ1) is 19.2. The second kappa shape index (κ2) is 8.31. The van der Waals surface area contributed by atoms with E-state index >= 15 is 0 Å². The zero-order valence-electron chi connectivity index (χ0n) is 14.7. The van der Waals surface area contributed by atoms with Crippen molar-refractivity contribution in [3.63, 3.8) is 0 Å². The van der Waals surface area contributed by atoms with Crippen LogP contribution in [0.5, 0.6) is 0 Å². The molecule has 0 aromatic heterocycles. The minimum Gasteiger partial charge on any atom is -0.377 e. The van der Waals surface area contributed by atoms with Crippen LogP contribution in [0.3, 0.4) is 0 Å². The highest BCUT2D eigenvalue weighted by Gasteiger charge is 2.17. The van der Waals surface area contributed by atoms with E-state index in [2.05, 4.69) is 4.72 Å². The molecule has 0 atom stereocenters. The van der Waals surface area contributed by atoms with E-state index in [1.807, 2.05) is 43.3 Å². The Morgan fingerprint density at radius 1 is 1.04 bits per heavy atom. The lowest BCUT2D eigenvalue weighted by Crippen LogP contribution is -2.25. The van der Waals surface area contributed by atoms with Crippen molar-refractivity contribution >= 4 is 32.4 Å². The van der Waals surface area contributed by atoms with E-state index in [0.717, 1.165) is 17.5 Å². The second-order valence-corrected chi connectivity index (χ2v) is 7.93. The topological polar surface area (TPSA) is 92.5 Å². The van der Waals surface area contributed by atoms with E-state index in [-0.39, 0.29) is 10.8 Å². The van der Waals surface area contributed by atoms with Crippen molar-refractivity contribution < 1.29 is 13.2 Å². The monoisotopic (exact) mass is 363 g/mol. The Kier molecular flexibility index (Phi) is 6.39. The Balaban J connectivity index is 2.14. The summed E-state index contributed by atoms with van der Waals surface area (Å²) in [5.41, 5.74) is 6.06. The number of anilines is 1. The number of sulfonamides is 1. The van der Waals surface area contributed by atoms with E-state index in [0.29, 0.717) is 31.2 Å². The molecular formula is C18H25N3O3S. The Labute approximate surface area is 149 Å². The number of carbonyl (C=O) groups is 1. The molecule has 0 radical (unpaired) electrons. The molecule has 3 N–H and O–H groups in total. The molecule has 0 aliphatic rings. The Morgan fingerprint density at radius 3 is 2.40 bits per heavy atom. The van der Waals surface area contributed by atoms with Gasteiger partial charge in [-0.3, -0.25) is 4.79 Å². The lowest BCUT2D eigenvalue weighted by atomic mass is 10.1. The van der Waals surface area contributed by atoms with E-state index in [1.54, 1.807) is 12.1 Å². The van der Waals surface area contributed by atoms with Gasteiger partial charge in [0.05, 0.1) is 4.90 Å². The van der Waals surface area contributed by atoms with Crippen molar-refractivity contribution in [3.05, 3.63) is 36.4 Å². The van der Waals surface area contributed by atoms with Crippen molar-refractivity contribution in [1.82, 2.24) is 4.72 Å². The van der Waals surface area contributed by atoms with E-state index in [9.17, 15) is 13.2 Å². The number of nitrogens with zero attached hydrogens (tertiary/aromatic N) is 1. The summed E-state index contributed by atoms with van der Waals surface area (Å²) < 4.78 is 28.0. The summed E-state index contributed by atoms with van der Waals surface area (Å²) in [6.07, 6.45) is 2.44. The molecule has 0 spiro atoms. The van der Waals surface area contributed by atoms with Crippen LogP contribution in [0.4, 0.5) is 5.69 Å². The van der Waals surface area contributed by atoms with Gasteiger partial charge >= 0.3 is 0 Å². The van der Waals surface area contributed by atoms with Gasteiger partial charge in [0.15, 0.2) is 0 Å². The molecule has 0 aliphatic heterocycles. The number of amides is 1. The van der Waals surface area contributed by atoms with Gasteiger partial charge in [0, 0.05) is 43.5 Å². The van der Waals surface area contributed by atoms with E-state index < -0.39 is 10.0 Å². The summed E-state index contributed by atoms with van der Waals surface area (Å²) in [5.74, 6) is -0.326. The van der Waals surface area contributed by atoms with Gasteiger partial charge in [-0.05, 0) is 25.0 Å². The molecule has 2 rings (SSSR count). The van der Waals surface area contributed by atoms with Gasteiger partial charge in [-0.15, -0.1) is 0 Å². The molecule has 2 aromatic carbocycles. The molecule has 6 nitrogen and oxygen atoms in total. The van der Waals surface area contributed by atoms with Crippen LogP contribution in [-0.2, 0) is 14.8 Å². The highest BCUT2D eigenvalue weighted by Crippen LogP contribution is 2.30. The SMILES string of the molecule is CN(C)c1cccc2c(S(=O)(=O)NCCCCCC(N)=O)cccc12. The number of nitrogens with two attached hydrogens (primary N) is 1. The third-order valence-electron chi connectivity index (χ3n) is 4.02. The Bertz CT molecular complexity index is 848. The molecule has 0 saturated heterocycles. The standard InChI is InChI=1S/C18H25N3O3S/c1-21(2)16-10-6-9-15-14(16)8-7-11-17(15)25(23,24)20-13-5-3-4-12-18(19)22/h6-11,20H,3-5,12-13H2,1-2H3,(H2,19,22). The fourth-order valence-electron chi connectivity index (χ4n) is 2.77. The molecular weight excluding hydrogens is 338 g/mol. The van der Waals surface area contributed by atoms with Crippen LogP contribution < -0.4 is 15.4 Å². The van der Waals surface area contributed by atoms with Crippen molar-refractivity contribution in [2.45, 2.75) is 30.6 Å². The van der Waals surface area contributed by atoms with Crippen LogP contribution in [0.15, 0.2) is 41.3 Å².